The first-order chi connectivity index (χ1) is 14.2. The fourth-order valence-electron chi connectivity index (χ4n) is 3.45. The van der Waals surface area contributed by atoms with Gasteiger partial charge in [0, 0.05) is 30.4 Å². The van der Waals surface area contributed by atoms with Crippen LogP contribution in [0.1, 0.15) is 18.5 Å². The molecule has 0 saturated carbocycles. The second-order valence-electron chi connectivity index (χ2n) is 7.07. The van der Waals surface area contributed by atoms with Gasteiger partial charge in [0.05, 0.1) is 23.7 Å². The van der Waals surface area contributed by atoms with Crippen molar-refractivity contribution >= 4 is 28.8 Å². The van der Waals surface area contributed by atoms with Gasteiger partial charge < -0.3 is 10.2 Å². The predicted molar refractivity (Wildman–Crippen MR) is 113 cm³/mol. The summed E-state index contributed by atoms with van der Waals surface area (Å²) in [4.78, 5) is 36.0. The van der Waals surface area contributed by atoms with E-state index in [2.05, 4.69) is 15.3 Å². The van der Waals surface area contributed by atoms with Crippen LogP contribution in [0.25, 0.3) is 10.7 Å². The summed E-state index contributed by atoms with van der Waals surface area (Å²) in [7, 11) is 0. The number of thiazole rings is 1. The number of anilines is 1. The second kappa shape index (κ2) is 8.96. The van der Waals surface area contributed by atoms with Crippen molar-refractivity contribution in [2.24, 2.45) is 5.92 Å². The summed E-state index contributed by atoms with van der Waals surface area (Å²) < 4.78 is 0. The number of piperidine rings is 1. The molecule has 1 aliphatic heterocycles. The van der Waals surface area contributed by atoms with Crippen LogP contribution in [0.15, 0.2) is 60.1 Å². The van der Waals surface area contributed by atoms with Crippen LogP contribution in [-0.4, -0.2) is 39.8 Å². The Morgan fingerprint density at radius 1 is 1.14 bits per heavy atom. The van der Waals surface area contributed by atoms with E-state index in [4.69, 9.17) is 0 Å². The first kappa shape index (κ1) is 19.3. The zero-order chi connectivity index (χ0) is 20.1. The topological polar surface area (TPSA) is 75.2 Å². The van der Waals surface area contributed by atoms with E-state index in [1.165, 1.54) is 11.3 Å². The molecular weight excluding hydrogens is 384 g/mol. The summed E-state index contributed by atoms with van der Waals surface area (Å²) in [5.41, 5.74) is 2.34. The smallest absolute Gasteiger partial charge is 0.229 e. The maximum Gasteiger partial charge on any atom is 0.229 e. The molecule has 0 aliphatic carbocycles. The van der Waals surface area contributed by atoms with E-state index < -0.39 is 0 Å². The summed E-state index contributed by atoms with van der Waals surface area (Å²) in [6.45, 7) is 1.14. The summed E-state index contributed by atoms with van der Waals surface area (Å²) in [5.74, 6) is -0.202. The third-order valence-electron chi connectivity index (χ3n) is 4.95. The van der Waals surface area contributed by atoms with Crippen LogP contribution in [0.4, 0.5) is 5.69 Å². The number of amides is 2. The Hall–Kier alpha value is -3.06. The molecule has 3 heterocycles. The number of para-hydroxylation sites is 1. The first-order valence-corrected chi connectivity index (χ1v) is 10.6. The van der Waals surface area contributed by atoms with Crippen LogP contribution < -0.4 is 5.32 Å². The minimum atomic E-state index is -0.188. The highest BCUT2D eigenvalue weighted by Crippen LogP contribution is 2.23. The lowest BCUT2D eigenvalue weighted by Crippen LogP contribution is -2.44. The van der Waals surface area contributed by atoms with Crippen molar-refractivity contribution in [3.63, 3.8) is 0 Å². The van der Waals surface area contributed by atoms with Crippen LogP contribution in [-0.2, 0) is 16.0 Å². The number of nitrogens with one attached hydrogen (secondary N) is 1. The standard InChI is InChI=1S/C22H22N4O2S/c27-20(13-18-15-29-22(25-18)19-10-4-5-11-23-19)26-12-6-7-16(14-26)21(28)24-17-8-2-1-3-9-17/h1-5,8-11,15-16H,6-7,12-14H2,(H,24,28). The maximum atomic E-state index is 12.8. The van der Waals surface area contributed by atoms with Gasteiger partial charge in [-0.1, -0.05) is 24.3 Å². The first-order valence-electron chi connectivity index (χ1n) is 9.68. The average Bonchev–Trinajstić information content (AvgIpc) is 3.23. The van der Waals surface area contributed by atoms with E-state index in [1.54, 1.807) is 11.1 Å². The number of hydrogen-bond donors (Lipinski definition) is 1. The summed E-state index contributed by atoms with van der Waals surface area (Å²) in [6, 6.07) is 15.1. The molecule has 0 bridgehead atoms. The molecule has 1 saturated heterocycles. The Kier molecular flexibility index (Phi) is 5.95. The lowest BCUT2D eigenvalue weighted by molar-refractivity contribution is -0.134. The van der Waals surface area contributed by atoms with E-state index in [9.17, 15) is 9.59 Å². The van der Waals surface area contributed by atoms with Gasteiger partial charge in [-0.25, -0.2) is 4.98 Å². The molecule has 0 radical (unpaired) electrons. The van der Waals surface area contributed by atoms with Gasteiger partial charge in [-0.3, -0.25) is 14.6 Å². The van der Waals surface area contributed by atoms with Crippen LogP contribution in [0.5, 0.6) is 0 Å². The van der Waals surface area contributed by atoms with Gasteiger partial charge in [0.1, 0.15) is 5.01 Å². The summed E-state index contributed by atoms with van der Waals surface area (Å²) in [6.07, 6.45) is 3.60. The molecule has 2 amide bonds. The molecule has 6 nitrogen and oxygen atoms in total. The Morgan fingerprint density at radius 3 is 2.76 bits per heavy atom. The largest absolute Gasteiger partial charge is 0.342 e. The SMILES string of the molecule is O=C(Nc1ccccc1)C1CCCN(C(=O)Cc2csc(-c3ccccn3)n2)C1. The Balaban J connectivity index is 1.35. The molecule has 7 heteroatoms. The Bertz CT molecular complexity index is 975. The van der Waals surface area contributed by atoms with E-state index in [1.807, 2.05) is 53.9 Å². The molecule has 29 heavy (non-hydrogen) atoms. The number of aromatic nitrogens is 2. The molecule has 4 rings (SSSR count). The van der Waals surface area contributed by atoms with Crippen molar-refractivity contribution in [1.82, 2.24) is 14.9 Å². The van der Waals surface area contributed by atoms with Gasteiger partial charge in [-0.05, 0) is 37.1 Å². The highest BCUT2D eigenvalue weighted by atomic mass is 32.1. The Labute approximate surface area is 173 Å². The van der Waals surface area contributed by atoms with Crippen LogP contribution in [0, 0.1) is 5.92 Å². The molecule has 1 unspecified atom stereocenters. The number of carbonyl (C=O) groups is 2. The fraction of sp³-hybridized carbons (Fsp3) is 0.273. The van der Waals surface area contributed by atoms with Crippen LogP contribution >= 0.6 is 11.3 Å². The van der Waals surface area contributed by atoms with Crippen molar-refractivity contribution in [3.05, 3.63) is 65.8 Å². The normalized spacial score (nSPS) is 16.4. The number of rotatable bonds is 5. The number of benzene rings is 1. The number of pyridine rings is 1. The molecule has 1 N–H and O–H groups in total. The molecule has 1 aromatic carbocycles. The van der Waals surface area contributed by atoms with Gasteiger partial charge in [0.25, 0.3) is 0 Å². The van der Waals surface area contributed by atoms with Crippen molar-refractivity contribution in [2.45, 2.75) is 19.3 Å². The minimum absolute atomic E-state index is 0.0140. The zero-order valence-electron chi connectivity index (χ0n) is 16.0. The van der Waals surface area contributed by atoms with E-state index in [-0.39, 0.29) is 24.2 Å². The molecule has 0 spiro atoms. The van der Waals surface area contributed by atoms with Crippen LogP contribution in [0.2, 0.25) is 0 Å². The quantitative estimate of drug-likeness (QED) is 0.702. The van der Waals surface area contributed by atoms with Crippen molar-refractivity contribution in [1.29, 1.82) is 0 Å². The zero-order valence-corrected chi connectivity index (χ0v) is 16.8. The van der Waals surface area contributed by atoms with Gasteiger partial charge >= 0.3 is 0 Å². The highest BCUT2D eigenvalue weighted by molar-refractivity contribution is 7.13. The molecule has 1 fully saturated rings. The van der Waals surface area contributed by atoms with Crippen LogP contribution in [0.3, 0.4) is 0 Å². The van der Waals surface area contributed by atoms with Gasteiger partial charge in [-0.2, -0.15) is 0 Å². The summed E-state index contributed by atoms with van der Waals surface area (Å²) >= 11 is 1.49. The lowest BCUT2D eigenvalue weighted by Gasteiger charge is -2.32. The number of likely N-dealkylation sites (tertiary alicyclic amines) is 1. The molecule has 148 valence electrons. The lowest BCUT2D eigenvalue weighted by atomic mass is 9.96. The second-order valence-corrected chi connectivity index (χ2v) is 7.93. The van der Waals surface area contributed by atoms with Gasteiger partial charge in [0.15, 0.2) is 0 Å². The molecular formula is C22H22N4O2S. The highest BCUT2D eigenvalue weighted by Gasteiger charge is 2.28. The number of hydrogen-bond acceptors (Lipinski definition) is 5. The monoisotopic (exact) mass is 406 g/mol. The minimum Gasteiger partial charge on any atom is -0.342 e. The molecule has 1 atom stereocenters. The van der Waals surface area contributed by atoms with Crippen molar-refractivity contribution in [2.75, 3.05) is 18.4 Å². The van der Waals surface area contributed by atoms with E-state index >= 15 is 0 Å². The third kappa shape index (κ3) is 4.86. The van der Waals surface area contributed by atoms with Crippen molar-refractivity contribution < 1.29 is 9.59 Å². The number of carbonyl (C=O) groups excluding carboxylic acids is 2. The average molecular weight is 407 g/mol. The number of nitrogens with zero attached hydrogens (tertiary/aromatic N) is 3. The van der Waals surface area contributed by atoms with Crippen molar-refractivity contribution in [3.8, 4) is 10.7 Å². The third-order valence-corrected chi connectivity index (χ3v) is 5.87. The molecule has 2 aromatic heterocycles. The predicted octanol–water partition coefficient (Wildman–Crippen LogP) is 3.62. The fourth-order valence-corrected chi connectivity index (χ4v) is 4.24. The van der Waals surface area contributed by atoms with E-state index in [0.29, 0.717) is 13.1 Å². The molecule has 3 aromatic rings. The molecule has 1 aliphatic rings. The summed E-state index contributed by atoms with van der Waals surface area (Å²) in [5, 5.41) is 5.67. The van der Waals surface area contributed by atoms with Gasteiger partial charge in [0.2, 0.25) is 11.8 Å². The Morgan fingerprint density at radius 2 is 1.97 bits per heavy atom. The van der Waals surface area contributed by atoms with Gasteiger partial charge in [-0.15, -0.1) is 11.3 Å². The maximum absolute atomic E-state index is 12.8. The van der Waals surface area contributed by atoms with E-state index in [0.717, 1.165) is 34.9 Å².